The van der Waals surface area contributed by atoms with Crippen LogP contribution in [-0.4, -0.2) is 5.97 Å². The summed E-state index contributed by atoms with van der Waals surface area (Å²) in [5.41, 5.74) is 7.83. The molecule has 21 heavy (non-hydrogen) atoms. The standard InChI is InChI=1S/C16H12BrNO3/c17-12-3-1-2-10(6-12)9-20-16(19)15-8-11-7-13(18)4-5-14(11)21-15/h1-8H,9,18H2. The maximum Gasteiger partial charge on any atom is 0.374 e. The van der Waals surface area contributed by atoms with Crippen LogP contribution in [0.2, 0.25) is 0 Å². The molecule has 0 atom stereocenters. The predicted octanol–water partition coefficient (Wildman–Crippen LogP) is 4.13. The Balaban J connectivity index is 1.74. The molecule has 2 N–H and O–H groups in total. The molecular formula is C16H12BrNO3. The van der Waals surface area contributed by atoms with Crippen LogP contribution in [0.1, 0.15) is 16.1 Å². The predicted molar refractivity (Wildman–Crippen MR) is 83.9 cm³/mol. The number of anilines is 1. The smallest absolute Gasteiger partial charge is 0.374 e. The van der Waals surface area contributed by atoms with E-state index in [1.165, 1.54) is 0 Å². The zero-order chi connectivity index (χ0) is 14.8. The van der Waals surface area contributed by atoms with Crippen molar-refractivity contribution in [3.05, 3.63) is 64.3 Å². The number of nitrogen functional groups attached to an aromatic ring is 1. The molecule has 2 aromatic carbocycles. The first-order chi connectivity index (χ1) is 10.1. The van der Waals surface area contributed by atoms with Crippen LogP contribution < -0.4 is 5.73 Å². The molecule has 0 bridgehead atoms. The third-order valence-corrected chi connectivity index (χ3v) is 3.49. The van der Waals surface area contributed by atoms with Gasteiger partial charge in [-0.05, 0) is 42.0 Å². The first kappa shape index (κ1) is 13.7. The molecule has 0 saturated heterocycles. The summed E-state index contributed by atoms with van der Waals surface area (Å²) in [5, 5.41) is 0.782. The number of fused-ring (bicyclic) bond motifs is 1. The summed E-state index contributed by atoms with van der Waals surface area (Å²) in [7, 11) is 0. The molecular weight excluding hydrogens is 334 g/mol. The van der Waals surface area contributed by atoms with E-state index in [0.29, 0.717) is 11.3 Å². The second kappa shape index (κ2) is 5.61. The Hall–Kier alpha value is -2.27. The van der Waals surface area contributed by atoms with E-state index in [2.05, 4.69) is 15.9 Å². The van der Waals surface area contributed by atoms with Crippen molar-refractivity contribution in [1.29, 1.82) is 0 Å². The first-order valence-electron chi connectivity index (χ1n) is 6.32. The van der Waals surface area contributed by atoms with Crippen LogP contribution in [-0.2, 0) is 11.3 Å². The molecule has 1 heterocycles. The highest BCUT2D eigenvalue weighted by Crippen LogP contribution is 2.22. The van der Waals surface area contributed by atoms with Gasteiger partial charge in [0.05, 0.1) is 0 Å². The number of furan rings is 1. The monoisotopic (exact) mass is 345 g/mol. The van der Waals surface area contributed by atoms with Crippen LogP contribution in [0, 0.1) is 0 Å². The van der Waals surface area contributed by atoms with E-state index in [1.807, 2.05) is 24.3 Å². The molecule has 0 radical (unpaired) electrons. The van der Waals surface area contributed by atoms with Gasteiger partial charge >= 0.3 is 5.97 Å². The number of benzene rings is 2. The molecule has 106 valence electrons. The van der Waals surface area contributed by atoms with Crippen molar-refractivity contribution in [1.82, 2.24) is 0 Å². The molecule has 0 saturated carbocycles. The molecule has 0 aliphatic carbocycles. The first-order valence-corrected chi connectivity index (χ1v) is 7.12. The number of hydrogen-bond acceptors (Lipinski definition) is 4. The number of esters is 1. The van der Waals surface area contributed by atoms with Crippen molar-refractivity contribution in [2.45, 2.75) is 6.61 Å². The van der Waals surface area contributed by atoms with E-state index in [1.54, 1.807) is 24.3 Å². The minimum Gasteiger partial charge on any atom is -0.455 e. The average Bonchev–Trinajstić information content (AvgIpc) is 2.88. The van der Waals surface area contributed by atoms with Gasteiger partial charge < -0.3 is 14.9 Å². The van der Waals surface area contributed by atoms with E-state index in [0.717, 1.165) is 15.4 Å². The number of carbonyl (C=O) groups is 1. The Labute approximate surface area is 129 Å². The molecule has 0 aliphatic heterocycles. The summed E-state index contributed by atoms with van der Waals surface area (Å²) in [6, 6.07) is 14.4. The van der Waals surface area contributed by atoms with E-state index in [9.17, 15) is 4.79 Å². The van der Waals surface area contributed by atoms with Crippen molar-refractivity contribution in [2.24, 2.45) is 0 Å². The molecule has 4 nitrogen and oxygen atoms in total. The average molecular weight is 346 g/mol. The second-order valence-electron chi connectivity index (χ2n) is 4.61. The van der Waals surface area contributed by atoms with Crippen molar-refractivity contribution in [3.8, 4) is 0 Å². The largest absolute Gasteiger partial charge is 0.455 e. The number of nitrogens with two attached hydrogens (primary N) is 1. The summed E-state index contributed by atoms with van der Waals surface area (Å²) in [6.07, 6.45) is 0. The van der Waals surface area contributed by atoms with Crippen LogP contribution in [0.15, 0.2) is 57.4 Å². The molecule has 3 rings (SSSR count). The van der Waals surface area contributed by atoms with Crippen LogP contribution >= 0.6 is 15.9 Å². The lowest BCUT2D eigenvalue weighted by atomic mass is 10.2. The Kier molecular flexibility index (Phi) is 3.66. The Morgan fingerprint density at radius 2 is 2.05 bits per heavy atom. The van der Waals surface area contributed by atoms with E-state index >= 15 is 0 Å². The van der Waals surface area contributed by atoms with Gasteiger partial charge in [0.1, 0.15) is 12.2 Å². The van der Waals surface area contributed by atoms with Crippen molar-refractivity contribution in [2.75, 3.05) is 5.73 Å². The van der Waals surface area contributed by atoms with Crippen molar-refractivity contribution >= 4 is 38.6 Å². The number of carbonyl (C=O) groups excluding carboxylic acids is 1. The second-order valence-corrected chi connectivity index (χ2v) is 5.53. The Bertz CT molecular complexity index is 810. The van der Waals surface area contributed by atoms with Gasteiger partial charge in [0, 0.05) is 15.5 Å². The number of halogens is 1. The summed E-state index contributed by atoms with van der Waals surface area (Å²) < 4.78 is 11.6. The van der Waals surface area contributed by atoms with Gasteiger partial charge in [0.2, 0.25) is 5.76 Å². The number of rotatable bonds is 3. The highest BCUT2D eigenvalue weighted by atomic mass is 79.9. The minimum absolute atomic E-state index is 0.172. The number of hydrogen-bond donors (Lipinski definition) is 1. The van der Waals surface area contributed by atoms with Gasteiger partial charge in [-0.1, -0.05) is 28.1 Å². The maximum absolute atomic E-state index is 12.0. The third kappa shape index (κ3) is 3.08. The van der Waals surface area contributed by atoms with Crippen LogP contribution in [0.3, 0.4) is 0 Å². The van der Waals surface area contributed by atoms with E-state index in [-0.39, 0.29) is 12.4 Å². The lowest BCUT2D eigenvalue weighted by molar-refractivity contribution is 0.0438. The Morgan fingerprint density at radius 3 is 2.86 bits per heavy atom. The van der Waals surface area contributed by atoms with Gasteiger partial charge in [-0.15, -0.1) is 0 Å². The highest BCUT2D eigenvalue weighted by Gasteiger charge is 2.14. The summed E-state index contributed by atoms with van der Waals surface area (Å²) >= 11 is 3.37. The summed E-state index contributed by atoms with van der Waals surface area (Å²) in [6.45, 7) is 0.192. The molecule has 5 heteroatoms. The summed E-state index contributed by atoms with van der Waals surface area (Å²) in [4.78, 5) is 12.0. The number of ether oxygens (including phenoxy) is 1. The van der Waals surface area contributed by atoms with Crippen LogP contribution in [0.5, 0.6) is 0 Å². The van der Waals surface area contributed by atoms with Gasteiger partial charge in [-0.2, -0.15) is 0 Å². The molecule has 0 aliphatic rings. The van der Waals surface area contributed by atoms with Gasteiger partial charge in [-0.25, -0.2) is 4.79 Å². The van der Waals surface area contributed by atoms with Crippen molar-refractivity contribution in [3.63, 3.8) is 0 Å². The quantitative estimate of drug-likeness (QED) is 0.572. The summed E-state index contributed by atoms with van der Waals surface area (Å²) in [5.74, 6) is -0.324. The molecule has 0 amide bonds. The Morgan fingerprint density at radius 1 is 1.19 bits per heavy atom. The van der Waals surface area contributed by atoms with Gasteiger partial charge in [0.15, 0.2) is 0 Å². The van der Waals surface area contributed by atoms with Gasteiger partial charge in [-0.3, -0.25) is 0 Å². The van der Waals surface area contributed by atoms with Crippen molar-refractivity contribution < 1.29 is 13.9 Å². The van der Waals surface area contributed by atoms with Crippen LogP contribution in [0.25, 0.3) is 11.0 Å². The normalized spacial score (nSPS) is 10.7. The minimum atomic E-state index is -0.496. The van der Waals surface area contributed by atoms with Gasteiger partial charge in [0.25, 0.3) is 0 Å². The van der Waals surface area contributed by atoms with Crippen LogP contribution in [0.4, 0.5) is 5.69 Å². The fraction of sp³-hybridized carbons (Fsp3) is 0.0625. The van der Waals surface area contributed by atoms with E-state index < -0.39 is 5.97 Å². The maximum atomic E-state index is 12.0. The molecule has 0 unspecified atom stereocenters. The molecule has 0 spiro atoms. The zero-order valence-electron chi connectivity index (χ0n) is 11.0. The SMILES string of the molecule is Nc1ccc2oc(C(=O)OCc3cccc(Br)c3)cc2c1. The van der Waals surface area contributed by atoms with E-state index in [4.69, 9.17) is 14.9 Å². The molecule has 1 aromatic heterocycles. The third-order valence-electron chi connectivity index (χ3n) is 3.00. The lowest BCUT2D eigenvalue weighted by Crippen LogP contribution is -2.03. The molecule has 3 aromatic rings. The highest BCUT2D eigenvalue weighted by molar-refractivity contribution is 9.10. The zero-order valence-corrected chi connectivity index (χ0v) is 12.6. The fourth-order valence-electron chi connectivity index (χ4n) is 2.01. The topological polar surface area (TPSA) is 65.5 Å². The molecule has 0 fully saturated rings. The lowest BCUT2D eigenvalue weighted by Gasteiger charge is -2.03. The fourth-order valence-corrected chi connectivity index (χ4v) is 2.46.